The number of amides is 4. The third-order valence-corrected chi connectivity index (χ3v) is 8.36. The van der Waals surface area contributed by atoms with Gasteiger partial charge in [-0.3, -0.25) is 9.59 Å². The lowest BCUT2D eigenvalue weighted by Gasteiger charge is -2.55. The predicted molar refractivity (Wildman–Crippen MR) is 168 cm³/mol. The van der Waals surface area contributed by atoms with Gasteiger partial charge in [-0.1, -0.05) is 86.0 Å². The first-order chi connectivity index (χ1) is 21.2. The van der Waals surface area contributed by atoms with E-state index in [-0.39, 0.29) is 62.6 Å². The van der Waals surface area contributed by atoms with Gasteiger partial charge in [0.05, 0.1) is 19.6 Å². The summed E-state index contributed by atoms with van der Waals surface area (Å²) in [5.74, 6) is 2.35. The van der Waals surface area contributed by atoms with Gasteiger partial charge in [-0.2, -0.15) is 5.01 Å². The van der Waals surface area contributed by atoms with E-state index in [2.05, 4.69) is 25.1 Å². The molecule has 2 aliphatic rings. The lowest BCUT2D eigenvalue weighted by atomic mass is 9.97. The second-order valence-electron chi connectivity index (χ2n) is 11.4. The minimum atomic E-state index is -0.875. The molecule has 0 bridgehead atoms. The molecular weight excluding hydrogens is 578 g/mol. The number of piperazine rings is 1. The molecule has 4 amide bonds. The summed E-state index contributed by atoms with van der Waals surface area (Å²) in [5, 5.41) is 16.5. The van der Waals surface area contributed by atoms with Crippen LogP contribution in [-0.2, 0) is 29.1 Å². The highest BCUT2D eigenvalue weighted by Gasteiger charge is 2.51. The second kappa shape index (κ2) is 13.4. The Bertz CT molecular complexity index is 1560. The summed E-state index contributed by atoms with van der Waals surface area (Å²) >= 11 is 6.45. The number of nitrogens with zero attached hydrogens (tertiary/aromatic N) is 4. The van der Waals surface area contributed by atoms with E-state index >= 15 is 0 Å². The first kappa shape index (κ1) is 30.9. The molecule has 2 saturated heterocycles. The number of hydrazine groups is 1. The maximum atomic E-state index is 14.2. The van der Waals surface area contributed by atoms with Crippen molar-refractivity contribution >= 4 is 29.4 Å². The summed E-state index contributed by atoms with van der Waals surface area (Å²) in [6, 6.07) is 20.5. The number of carbonyl (C=O) groups is 3. The summed E-state index contributed by atoms with van der Waals surface area (Å²) in [4.78, 5) is 45.0. The van der Waals surface area contributed by atoms with Gasteiger partial charge in [0.2, 0.25) is 11.8 Å². The number of urea groups is 1. The van der Waals surface area contributed by atoms with Crippen molar-refractivity contribution in [1.29, 1.82) is 0 Å². The lowest BCUT2D eigenvalue weighted by molar-refractivity contribution is -0.189. The van der Waals surface area contributed by atoms with Crippen LogP contribution in [0.4, 0.5) is 4.79 Å². The number of benzene rings is 3. The van der Waals surface area contributed by atoms with Crippen LogP contribution in [0.2, 0.25) is 5.02 Å². The Balaban J connectivity index is 1.51. The highest BCUT2D eigenvalue weighted by molar-refractivity contribution is 6.31. The average Bonchev–Trinajstić information content (AvgIpc) is 3.00. The van der Waals surface area contributed by atoms with Crippen LogP contribution < -0.4 is 5.32 Å². The van der Waals surface area contributed by atoms with Gasteiger partial charge in [-0.15, -0.1) is 6.42 Å². The number of carbonyl (C=O) groups excluding carboxylic acids is 3. The van der Waals surface area contributed by atoms with E-state index in [0.29, 0.717) is 5.02 Å². The topological polar surface area (TPSA) is 96.4 Å². The number of hydrogen-bond donors (Lipinski definition) is 2. The molecule has 2 aliphatic heterocycles. The standard InChI is InChI=1S/C34H36ClN5O4/c1-4-16-38-22-32(42)39-30(18-24-10-13-27(41)14-11-24)33(43)37(20-26-12-15-29(35)28(17-26)23(2)3)21-31(39)40(38)34(44)36-19-25-8-6-5-7-9-25/h1,5-15,17,23,30-31,41H,16,18-22H2,2-3H3,(H,36,44)/t30-,31-/m0/s1. The van der Waals surface area contributed by atoms with Gasteiger partial charge >= 0.3 is 6.03 Å². The molecule has 2 fully saturated rings. The van der Waals surface area contributed by atoms with Crippen molar-refractivity contribution < 1.29 is 19.5 Å². The van der Waals surface area contributed by atoms with Gasteiger partial charge in [0.1, 0.15) is 18.0 Å². The third-order valence-electron chi connectivity index (χ3n) is 8.02. The number of halogens is 1. The van der Waals surface area contributed by atoms with Gasteiger partial charge in [-0.05, 0) is 46.4 Å². The minimum Gasteiger partial charge on any atom is -0.508 e. The van der Waals surface area contributed by atoms with Gasteiger partial charge in [0.15, 0.2) is 0 Å². The molecule has 5 rings (SSSR count). The predicted octanol–water partition coefficient (Wildman–Crippen LogP) is 4.35. The number of nitrogens with one attached hydrogen (secondary N) is 1. The lowest BCUT2D eigenvalue weighted by Crippen LogP contribution is -2.76. The van der Waals surface area contributed by atoms with E-state index in [9.17, 15) is 19.5 Å². The van der Waals surface area contributed by atoms with Crippen molar-refractivity contribution in [2.45, 2.75) is 51.5 Å². The number of aromatic hydroxyl groups is 1. The summed E-state index contributed by atoms with van der Waals surface area (Å²) < 4.78 is 0. The van der Waals surface area contributed by atoms with Crippen molar-refractivity contribution in [3.05, 3.63) is 100 Å². The molecule has 0 aliphatic carbocycles. The molecule has 0 radical (unpaired) electrons. The molecule has 0 spiro atoms. The largest absolute Gasteiger partial charge is 0.508 e. The Morgan fingerprint density at radius 3 is 2.43 bits per heavy atom. The summed E-state index contributed by atoms with van der Waals surface area (Å²) in [7, 11) is 0. The summed E-state index contributed by atoms with van der Waals surface area (Å²) in [6.07, 6.45) is 5.09. The number of rotatable bonds is 8. The number of hydrogen-bond acceptors (Lipinski definition) is 5. The normalized spacial score (nSPS) is 18.8. The quantitative estimate of drug-likeness (QED) is 0.368. The fourth-order valence-corrected chi connectivity index (χ4v) is 6.18. The van der Waals surface area contributed by atoms with Crippen LogP contribution in [0.15, 0.2) is 72.8 Å². The Hall–Kier alpha value is -4.52. The summed E-state index contributed by atoms with van der Waals surface area (Å²) in [5.41, 5.74) is 3.56. The highest BCUT2D eigenvalue weighted by atomic mass is 35.5. The first-order valence-corrected chi connectivity index (χ1v) is 15.0. The van der Waals surface area contributed by atoms with Gasteiger partial charge < -0.3 is 20.2 Å². The van der Waals surface area contributed by atoms with Crippen LogP contribution in [0, 0.1) is 12.3 Å². The first-order valence-electron chi connectivity index (χ1n) is 14.6. The molecule has 228 valence electrons. The van der Waals surface area contributed by atoms with Crippen LogP contribution in [0.3, 0.4) is 0 Å². The van der Waals surface area contributed by atoms with Crippen molar-refractivity contribution in [1.82, 2.24) is 25.1 Å². The molecule has 0 saturated carbocycles. The Kier molecular flexibility index (Phi) is 9.43. The van der Waals surface area contributed by atoms with Crippen LogP contribution in [-0.4, -0.2) is 74.6 Å². The van der Waals surface area contributed by atoms with Gasteiger partial charge in [0.25, 0.3) is 0 Å². The Labute approximate surface area is 263 Å². The van der Waals surface area contributed by atoms with Crippen LogP contribution in [0.25, 0.3) is 0 Å². The number of phenolic OH excluding ortho intramolecular Hbond substituents is 1. The molecule has 2 N–H and O–H groups in total. The van der Waals surface area contributed by atoms with E-state index in [4.69, 9.17) is 18.0 Å². The molecule has 9 nitrogen and oxygen atoms in total. The minimum absolute atomic E-state index is 0.0420. The molecule has 44 heavy (non-hydrogen) atoms. The van der Waals surface area contributed by atoms with Gasteiger partial charge in [-0.25, -0.2) is 9.80 Å². The summed E-state index contributed by atoms with van der Waals surface area (Å²) in [6.45, 7) is 4.66. The Morgan fingerprint density at radius 1 is 1.05 bits per heavy atom. The van der Waals surface area contributed by atoms with E-state index in [1.807, 2.05) is 48.5 Å². The highest BCUT2D eigenvalue weighted by Crippen LogP contribution is 2.31. The van der Waals surface area contributed by atoms with Crippen LogP contribution >= 0.6 is 11.6 Å². The molecule has 2 heterocycles. The molecule has 2 atom stereocenters. The van der Waals surface area contributed by atoms with Crippen LogP contribution in [0.1, 0.15) is 42.0 Å². The monoisotopic (exact) mass is 613 g/mol. The van der Waals surface area contributed by atoms with Crippen LogP contribution in [0.5, 0.6) is 5.75 Å². The molecule has 10 heteroatoms. The average molecular weight is 614 g/mol. The Morgan fingerprint density at radius 2 is 1.75 bits per heavy atom. The number of fused-ring (bicyclic) bond motifs is 1. The van der Waals surface area contributed by atoms with E-state index in [1.54, 1.807) is 34.2 Å². The van der Waals surface area contributed by atoms with Crippen molar-refractivity contribution in [3.63, 3.8) is 0 Å². The van der Waals surface area contributed by atoms with E-state index in [0.717, 1.165) is 22.3 Å². The number of phenols is 1. The van der Waals surface area contributed by atoms with E-state index in [1.165, 1.54) is 9.91 Å². The molecule has 0 unspecified atom stereocenters. The fraction of sp³-hybridized carbons (Fsp3) is 0.324. The third kappa shape index (κ3) is 6.67. The zero-order valence-electron chi connectivity index (χ0n) is 24.8. The fourth-order valence-electron chi connectivity index (χ4n) is 5.84. The van der Waals surface area contributed by atoms with Gasteiger partial charge in [0, 0.05) is 24.5 Å². The number of terminal acetylenes is 1. The smallest absolute Gasteiger partial charge is 0.334 e. The SMILES string of the molecule is C#CCN1CC(=O)N2[C@@H](Cc3ccc(O)cc3)C(=O)N(Cc3ccc(Cl)c(C(C)C)c3)C[C@@H]2N1C(=O)NCc1ccccc1. The van der Waals surface area contributed by atoms with Crippen molar-refractivity contribution in [2.75, 3.05) is 19.6 Å². The maximum Gasteiger partial charge on any atom is 0.334 e. The molecular formula is C34H36ClN5O4. The zero-order chi connectivity index (χ0) is 31.4. The van der Waals surface area contributed by atoms with Crippen molar-refractivity contribution in [3.8, 4) is 18.1 Å². The molecule has 3 aromatic carbocycles. The molecule has 0 aromatic heterocycles. The maximum absolute atomic E-state index is 14.2. The molecule has 3 aromatic rings. The van der Waals surface area contributed by atoms with E-state index < -0.39 is 18.2 Å². The zero-order valence-corrected chi connectivity index (χ0v) is 25.6. The van der Waals surface area contributed by atoms with Crippen molar-refractivity contribution in [2.24, 2.45) is 0 Å². The second-order valence-corrected chi connectivity index (χ2v) is 11.8.